The SMILES string of the molecule is Cc1ccc(C(=O)NCc2nn[nH]n2)c(F)c1. The fraction of sp³-hybridized carbons (Fsp3) is 0.200. The number of hydrogen-bond acceptors (Lipinski definition) is 4. The van der Waals surface area contributed by atoms with Crippen molar-refractivity contribution < 1.29 is 9.18 Å². The number of nitrogens with one attached hydrogen (secondary N) is 2. The van der Waals surface area contributed by atoms with Crippen LogP contribution in [-0.4, -0.2) is 26.5 Å². The Morgan fingerprint density at radius 2 is 2.35 bits per heavy atom. The van der Waals surface area contributed by atoms with Crippen LogP contribution in [0.4, 0.5) is 4.39 Å². The molecule has 88 valence electrons. The molecule has 0 saturated heterocycles. The molecule has 2 rings (SSSR count). The van der Waals surface area contributed by atoms with Crippen molar-refractivity contribution in [3.63, 3.8) is 0 Å². The predicted octanol–water partition coefficient (Wildman–Crippen LogP) is 0.577. The third-order valence-electron chi connectivity index (χ3n) is 2.17. The van der Waals surface area contributed by atoms with Gasteiger partial charge >= 0.3 is 0 Å². The molecule has 0 saturated carbocycles. The van der Waals surface area contributed by atoms with E-state index < -0.39 is 11.7 Å². The number of aromatic nitrogens is 4. The van der Waals surface area contributed by atoms with Crippen LogP contribution in [0, 0.1) is 12.7 Å². The molecule has 0 atom stereocenters. The first-order valence-electron chi connectivity index (χ1n) is 4.93. The van der Waals surface area contributed by atoms with Gasteiger partial charge in [0.2, 0.25) is 0 Å². The normalized spacial score (nSPS) is 10.2. The number of halogens is 1. The highest BCUT2D eigenvalue weighted by molar-refractivity contribution is 5.94. The summed E-state index contributed by atoms with van der Waals surface area (Å²) in [7, 11) is 0. The average molecular weight is 235 g/mol. The lowest BCUT2D eigenvalue weighted by Crippen LogP contribution is -2.24. The van der Waals surface area contributed by atoms with E-state index >= 15 is 0 Å². The zero-order valence-corrected chi connectivity index (χ0v) is 9.07. The van der Waals surface area contributed by atoms with Gasteiger partial charge in [0.15, 0.2) is 5.82 Å². The third kappa shape index (κ3) is 2.63. The number of carbonyl (C=O) groups excluding carboxylic acids is 1. The Labute approximate surface area is 96.2 Å². The molecule has 7 heteroatoms. The maximum Gasteiger partial charge on any atom is 0.254 e. The number of rotatable bonds is 3. The zero-order chi connectivity index (χ0) is 12.3. The molecule has 0 aliphatic heterocycles. The van der Waals surface area contributed by atoms with Gasteiger partial charge in [-0.15, -0.1) is 10.2 Å². The second kappa shape index (κ2) is 4.69. The summed E-state index contributed by atoms with van der Waals surface area (Å²) in [5.74, 6) is -0.714. The summed E-state index contributed by atoms with van der Waals surface area (Å²) in [5.41, 5.74) is 0.760. The van der Waals surface area contributed by atoms with E-state index in [0.29, 0.717) is 5.82 Å². The van der Waals surface area contributed by atoms with Crippen molar-refractivity contribution in [3.05, 3.63) is 41.0 Å². The van der Waals surface area contributed by atoms with E-state index in [0.717, 1.165) is 5.56 Å². The lowest BCUT2D eigenvalue weighted by atomic mass is 10.1. The number of tetrazole rings is 1. The van der Waals surface area contributed by atoms with Crippen molar-refractivity contribution in [2.75, 3.05) is 0 Å². The minimum atomic E-state index is -0.546. The van der Waals surface area contributed by atoms with E-state index in [4.69, 9.17) is 0 Å². The fourth-order valence-corrected chi connectivity index (χ4v) is 1.32. The predicted molar refractivity (Wildman–Crippen MR) is 56.5 cm³/mol. The summed E-state index contributed by atoms with van der Waals surface area (Å²) in [4.78, 5) is 11.6. The molecule has 17 heavy (non-hydrogen) atoms. The molecule has 1 aromatic heterocycles. The smallest absolute Gasteiger partial charge is 0.254 e. The van der Waals surface area contributed by atoms with Crippen LogP contribution in [0.15, 0.2) is 18.2 Å². The number of benzene rings is 1. The van der Waals surface area contributed by atoms with Crippen LogP contribution in [-0.2, 0) is 6.54 Å². The first kappa shape index (κ1) is 11.2. The Balaban J connectivity index is 2.04. The highest BCUT2D eigenvalue weighted by atomic mass is 19.1. The molecule has 0 spiro atoms. The van der Waals surface area contributed by atoms with Gasteiger partial charge in [-0.05, 0) is 24.6 Å². The summed E-state index contributed by atoms with van der Waals surface area (Å²) in [6.45, 7) is 1.85. The van der Waals surface area contributed by atoms with Crippen LogP contribution in [0.2, 0.25) is 0 Å². The number of H-pyrrole nitrogens is 1. The van der Waals surface area contributed by atoms with E-state index in [9.17, 15) is 9.18 Å². The van der Waals surface area contributed by atoms with Crippen molar-refractivity contribution in [2.24, 2.45) is 0 Å². The molecular formula is C10H10FN5O. The second-order valence-corrected chi connectivity index (χ2v) is 3.49. The Morgan fingerprint density at radius 3 is 3.00 bits per heavy atom. The molecular weight excluding hydrogens is 225 g/mol. The van der Waals surface area contributed by atoms with Crippen LogP contribution in [0.3, 0.4) is 0 Å². The van der Waals surface area contributed by atoms with Crippen LogP contribution in [0.1, 0.15) is 21.7 Å². The molecule has 0 fully saturated rings. The van der Waals surface area contributed by atoms with Crippen molar-refractivity contribution >= 4 is 5.91 Å². The molecule has 0 bridgehead atoms. The summed E-state index contributed by atoms with van der Waals surface area (Å²) in [5, 5.41) is 15.4. The molecule has 0 radical (unpaired) electrons. The maximum absolute atomic E-state index is 13.5. The summed E-state index contributed by atoms with van der Waals surface area (Å²) >= 11 is 0. The van der Waals surface area contributed by atoms with Crippen LogP contribution >= 0.6 is 0 Å². The zero-order valence-electron chi connectivity index (χ0n) is 9.07. The molecule has 0 aliphatic carbocycles. The fourth-order valence-electron chi connectivity index (χ4n) is 1.32. The van der Waals surface area contributed by atoms with Crippen molar-refractivity contribution in [2.45, 2.75) is 13.5 Å². The number of aryl methyl sites for hydroxylation is 1. The molecule has 1 amide bonds. The Bertz CT molecular complexity index is 525. The lowest BCUT2D eigenvalue weighted by Gasteiger charge is -2.04. The van der Waals surface area contributed by atoms with E-state index in [-0.39, 0.29) is 12.1 Å². The standard InChI is InChI=1S/C10H10FN5O/c1-6-2-3-7(8(11)4-6)10(17)12-5-9-13-15-16-14-9/h2-4H,5H2,1H3,(H,12,17)(H,13,14,15,16). The number of nitrogens with zero attached hydrogens (tertiary/aromatic N) is 3. The second-order valence-electron chi connectivity index (χ2n) is 3.49. The third-order valence-corrected chi connectivity index (χ3v) is 2.17. The van der Waals surface area contributed by atoms with E-state index in [1.807, 2.05) is 0 Å². The number of carbonyl (C=O) groups is 1. The van der Waals surface area contributed by atoms with E-state index in [2.05, 4.69) is 25.9 Å². The molecule has 2 N–H and O–H groups in total. The highest BCUT2D eigenvalue weighted by Gasteiger charge is 2.11. The maximum atomic E-state index is 13.5. The van der Waals surface area contributed by atoms with Crippen LogP contribution in [0.25, 0.3) is 0 Å². The first-order chi connectivity index (χ1) is 8.16. The van der Waals surface area contributed by atoms with Crippen LogP contribution in [0.5, 0.6) is 0 Å². The Kier molecular flexibility index (Phi) is 3.08. The van der Waals surface area contributed by atoms with Gasteiger partial charge in [-0.3, -0.25) is 4.79 Å². The summed E-state index contributed by atoms with van der Waals surface area (Å²) in [6, 6.07) is 4.42. The number of hydrogen-bond donors (Lipinski definition) is 2. The van der Waals surface area contributed by atoms with Crippen molar-refractivity contribution in [1.82, 2.24) is 25.9 Å². The molecule has 0 unspecified atom stereocenters. The summed E-state index contributed by atoms with van der Waals surface area (Å²) in [6.07, 6.45) is 0. The van der Waals surface area contributed by atoms with Gasteiger partial charge in [-0.25, -0.2) is 4.39 Å². The molecule has 2 aromatic rings. The topological polar surface area (TPSA) is 83.6 Å². The van der Waals surface area contributed by atoms with Gasteiger partial charge < -0.3 is 5.32 Å². The van der Waals surface area contributed by atoms with Gasteiger partial charge in [0.05, 0.1) is 12.1 Å². The van der Waals surface area contributed by atoms with E-state index in [1.54, 1.807) is 13.0 Å². The Morgan fingerprint density at radius 1 is 1.53 bits per heavy atom. The first-order valence-corrected chi connectivity index (χ1v) is 4.93. The van der Waals surface area contributed by atoms with Crippen LogP contribution < -0.4 is 5.32 Å². The minimum Gasteiger partial charge on any atom is -0.344 e. The van der Waals surface area contributed by atoms with Gasteiger partial charge in [0.1, 0.15) is 5.82 Å². The number of aromatic amines is 1. The van der Waals surface area contributed by atoms with Gasteiger partial charge in [-0.2, -0.15) is 5.21 Å². The van der Waals surface area contributed by atoms with Gasteiger partial charge in [-0.1, -0.05) is 11.3 Å². The van der Waals surface area contributed by atoms with Gasteiger partial charge in [0.25, 0.3) is 5.91 Å². The van der Waals surface area contributed by atoms with E-state index in [1.165, 1.54) is 12.1 Å². The molecule has 1 aromatic carbocycles. The quantitative estimate of drug-likeness (QED) is 0.815. The average Bonchev–Trinajstić information content (AvgIpc) is 2.78. The van der Waals surface area contributed by atoms with Gasteiger partial charge in [0, 0.05) is 0 Å². The highest BCUT2D eigenvalue weighted by Crippen LogP contribution is 2.09. The summed E-state index contributed by atoms with van der Waals surface area (Å²) < 4.78 is 13.5. The molecule has 0 aliphatic rings. The number of amides is 1. The largest absolute Gasteiger partial charge is 0.344 e. The lowest BCUT2D eigenvalue weighted by molar-refractivity contribution is 0.0946. The molecule has 1 heterocycles. The minimum absolute atomic E-state index is 0.000838. The van der Waals surface area contributed by atoms with Crippen molar-refractivity contribution in [3.8, 4) is 0 Å². The molecule has 6 nitrogen and oxygen atoms in total. The van der Waals surface area contributed by atoms with Crippen molar-refractivity contribution in [1.29, 1.82) is 0 Å². The Hall–Kier alpha value is -2.31. The monoisotopic (exact) mass is 235 g/mol.